The first-order valence-corrected chi connectivity index (χ1v) is 8.40. The molecule has 1 N–H and O–H groups in total. The molecule has 9 heteroatoms. The molecule has 1 amide bonds. The highest BCUT2D eigenvalue weighted by Crippen LogP contribution is 2.29. The van der Waals surface area contributed by atoms with E-state index in [-0.39, 0.29) is 42.7 Å². The lowest BCUT2D eigenvalue weighted by molar-refractivity contribution is -0.136. The predicted octanol–water partition coefficient (Wildman–Crippen LogP) is 1.89. The molecule has 1 aliphatic rings. The van der Waals surface area contributed by atoms with Crippen LogP contribution in [-0.2, 0) is 18.9 Å². The van der Waals surface area contributed by atoms with Crippen molar-refractivity contribution in [3.63, 3.8) is 0 Å². The van der Waals surface area contributed by atoms with Gasteiger partial charge in [-0.1, -0.05) is 0 Å². The van der Waals surface area contributed by atoms with Crippen molar-refractivity contribution in [2.45, 2.75) is 32.7 Å². The highest BCUT2D eigenvalue weighted by Gasteiger charge is 2.34. The van der Waals surface area contributed by atoms with Gasteiger partial charge in [0, 0.05) is 57.4 Å². The third kappa shape index (κ3) is 3.89. The minimum atomic E-state index is -0.209. The van der Waals surface area contributed by atoms with E-state index in [4.69, 9.17) is 0 Å². The Labute approximate surface area is 167 Å². The fourth-order valence-electron chi connectivity index (χ4n) is 3.69. The second kappa shape index (κ2) is 8.88. The average Bonchev–Trinajstić information content (AvgIpc) is 3.09. The van der Waals surface area contributed by atoms with Crippen LogP contribution in [0.4, 0.5) is 0 Å². The van der Waals surface area contributed by atoms with Gasteiger partial charge in [0.1, 0.15) is 11.9 Å². The lowest BCUT2D eigenvalue weighted by Gasteiger charge is -2.37. The minimum absolute atomic E-state index is 0. The molecular weight excluding hydrogens is 375 g/mol. The number of imidazole rings is 1. The van der Waals surface area contributed by atoms with Crippen LogP contribution in [0, 0.1) is 13.8 Å². The van der Waals surface area contributed by atoms with Gasteiger partial charge >= 0.3 is 0 Å². The number of rotatable bonds is 3. The molecule has 1 fully saturated rings. The Morgan fingerprint density at radius 3 is 2.54 bits per heavy atom. The minimum Gasteiger partial charge on any atom is -0.336 e. The van der Waals surface area contributed by atoms with Crippen LogP contribution in [0.3, 0.4) is 0 Å². The summed E-state index contributed by atoms with van der Waals surface area (Å²) in [6.45, 7) is 8.21. The Bertz CT molecular complexity index is 757. The number of aromatic nitrogens is 4. The van der Waals surface area contributed by atoms with E-state index in [2.05, 4.69) is 15.4 Å². The van der Waals surface area contributed by atoms with Crippen LogP contribution in [0.2, 0.25) is 0 Å². The first-order chi connectivity index (χ1) is 11.4. The zero-order valence-corrected chi connectivity index (χ0v) is 17.5. The summed E-state index contributed by atoms with van der Waals surface area (Å²) in [5, 5.41) is 7.84. The number of piperazine rings is 1. The van der Waals surface area contributed by atoms with Gasteiger partial charge in [-0.2, -0.15) is 5.10 Å². The van der Waals surface area contributed by atoms with Crippen molar-refractivity contribution in [1.82, 2.24) is 29.5 Å². The molecule has 3 heterocycles. The molecule has 3 rings (SSSR count). The van der Waals surface area contributed by atoms with Crippen LogP contribution < -0.4 is 5.32 Å². The molecule has 0 bridgehead atoms. The lowest BCUT2D eigenvalue weighted by atomic mass is 9.96. The fourth-order valence-corrected chi connectivity index (χ4v) is 3.69. The molecule has 0 radical (unpaired) electrons. The van der Waals surface area contributed by atoms with E-state index in [0.717, 1.165) is 35.9 Å². The number of carbonyl (C=O) groups is 1. The maximum Gasteiger partial charge on any atom is 0.230 e. The van der Waals surface area contributed by atoms with Crippen molar-refractivity contribution in [3.05, 3.63) is 35.2 Å². The molecule has 2 atom stereocenters. The summed E-state index contributed by atoms with van der Waals surface area (Å²) in [5.41, 5.74) is 3.02. The standard InChI is InChI=1S/C17H26N6O.2ClH/c1-11(15-12(2)20-22(5)13(15)3)17(24)23-9-6-18-10-14(23)16-19-7-8-21(16)4;;/h7-8,11,14,18H,6,9-10H2,1-5H3;2*1H. The Morgan fingerprint density at radius 1 is 1.31 bits per heavy atom. The normalized spacial score (nSPS) is 18.0. The highest BCUT2D eigenvalue weighted by molar-refractivity contribution is 5.86. The highest BCUT2D eigenvalue weighted by atomic mass is 35.5. The number of hydrogen-bond acceptors (Lipinski definition) is 4. The summed E-state index contributed by atoms with van der Waals surface area (Å²) in [5.74, 6) is 0.852. The number of nitrogens with one attached hydrogen (secondary N) is 1. The Kier molecular flexibility index (Phi) is 7.68. The molecule has 2 unspecified atom stereocenters. The molecule has 146 valence electrons. The summed E-state index contributed by atoms with van der Waals surface area (Å²) in [6.07, 6.45) is 3.71. The van der Waals surface area contributed by atoms with Crippen molar-refractivity contribution in [2.24, 2.45) is 14.1 Å². The summed E-state index contributed by atoms with van der Waals surface area (Å²) < 4.78 is 3.84. The van der Waals surface area contributed by atoms with E-state index in [1.54, 1.807) is 6.20 Å². The van der Waals surface area contributed by atoms with E-state index in [0.29, 0.717) is 6.54 Å². The molecule has 2 aromatic heterocycles. The SMILES string of the molecule is Cc1nn(C)c(C)c1C(C)C(=O)N1CCNCC1c1nccn1C.Cl.Cl. The number of aryl methyl sites for hydroxylation is 3. The van der Waals surface area contributed by atoms with Crippen molar-refractivity contribution in [2.75, 3.05) is 19.6 Å². The van der Waals surface area contributed by atoms with E-state index >= 15 is 0 Å². The Hall–Kier alpha value is -1.57. The van der Waals surface area contributed by atoms with E-state index in [9.17, 15) is 4.79 Å². The summed E-state index contributed by atoms with van der Waals surface area (Å²) in [7, 11) is 3.89. The van der Waals surface area contributed by atoms with Crippen molar-refractivity contribution < 1.29 is 4.79 Å². The summed E-state index contributed by atoms with van der Waals surface area (Å²) in [6, 6.07) is -0.0361. The van der Waals surface area contributed by atoms with Gasteiger partial charge in [0.25, 0.3) is 0 Å². The molecule has 7 nitrogen and oxygen atoms in total. The largest absolute Gasteiger partial charge is 0.336 e. The molecule has 26 heavy (non-hydrogen) atoms. The number of nitrogens with zero attached hydrogens (tertiary/aromatic N) is 5. The Balaban J connectivity index is 0.00000169. The van der Waals surface area contributed by atoms with Gasteiger partial charge in [-0.05, 0) is 20.8 Å². The smallest absolute Gasteiger partial charge is 0.230 e. The number of hydrogen-bond donors (Lipinski definition) is 1. The van der Waals surface area contributed by atoms with Gasteiger partial charge in [-0.25, -0.2) is 4.98 Å². The third-order valence-electron chi connectivity index (χ3n) is 5.05. The molecule has 2 aromatic rings. The average molecular weight is 403 g/mol. The third-order valence-corrected chi connectivity index (χ3v) is 5.05. The molecule has 0 saturated carbocycles. The molecule has 0 aromatic carbocycles. The number of amides is 1. The van der Waals surface area contributed by atoms with Crippen molar-refractivity contribution in [1.29, 1.82) is 0 Å². The van der Waals surface area contributed by atoms with Gasteiger partial charge in [0.15, 0.2) is 0 Å². The van der Waals surface area contributed by atoms with Crippen molar-refractivity contribution in [3.8, 4) is 0 Å². The molecule has 0 aliphatic carbocycles. The van der Waals surface area contributed by atoms with Crippen LogP contribution in [0.15, 0.2) is 12.4 Å². The van der Waals surface area contributed by atoms with Gasteiger partial charge in [-0.15, -0.1) is 24.8 Å². The van der Waals surface area contributed by atoms with E-state index < -0.39 is 0 Å². The topological polar surface area (TPSA) is 68.0 Å². The van der Waals surface area contributed by atoms with Gasteiger partial charge in [0.05, 0.1) is 11.6 Å². The molecule has 1 aliphatic heterocycles. The zero-order chi connectivity index (χ0) is 17.4. The summed E-state index contributed by atoms with van der Waals surface area (Å²) in [4.78, 5) is 19.7. The maximum atomic E-state index is 13.3. The summed E-state index contributed by atoms with van der Waals surface area (Å²) >= 11 is 0. The first kappa shape index (κ1) is 22.5. The lowest BCUT2D eigenvalue weighted by Crippen LogP contribution is -2.50. The Morgan fingerprint density at radius 2 is 2.00 bits per heavy atom. The van der Waals surface area contributed by atoms with E-state index in [1.165, 1.54) is 0 Å². The molecular formula is C17H28Cl2N6O. The monoisotopic (exact) mass is 402 g/mol. The van der Waals surface area contributed by atoms with Gasteiger partial charge in [0.2, 0.25) is 5.91 Å². The van der Waals surface area contributed by atoms with Crippen LogP contribution in [0.25, 0.3) is 0 Å². The van der Waals surface area contributed by atoms with Crippen molar-refractivity contribution >= 4 is 30.7 Å². The molecule has 1 saturated heterocycles. The second-order valence-corrected chi connectivity index (χ2v) is 6.58. The quantitative estimate of drug-likeness (QED) is 0.850. The van der Waals surface area contributed by atoms with Crippen LogP contribution >= 0.6 is 24.8 Å². The number of carbonyl (C=O) groups excluding carboxylic acids is 1. The van der Waals surface area contributed by atoms with Gasteiger partial charge < -0.3 is 14.8 Å². The first-order valence-electron chi connectivity index (χ1n) is 8.40. The zero-order valence-electron chi connectivity index (χ0n) is 15.9. The van der Waals surface area contributed by atoms with Gasteiger partial charge in [-0.3, -0.25) is 9.48 Å². The maximum absolute atomic E-state index is 13.3. The van der Waals surface area contributed by atoms with E-state index in [1.807, 2.05) is 55.2 Å². The molecule has 0 spiro atoms. The fraction of sp³-hybridized carbons (Fsp3) is 0.588. The predicted molar refractivity (Wildman–Crippen MR) is 106 cm³/mol. The van der Waals surface area contributed by atoms with Crippen LogP contribution in [-0.4, -0.2) is 49.8 Å². The van der Waals surface area contributed by atoms with Crippen LogP contribution in [0.1, 0.15) is 41.7 Å². The number of halogens is 2. The second-order valence-electron chi connectivity index (χ2n) is 6.58. The van der Waals surface area contributed by atoms with Crippen LogP contribution in [0.5, 0.6) is 0 Å².